The van der Waals surface area contributed by atoms with Gasteiger partial charge >= 0.3 is 0 Å². The minimum Gasteiger partial charge on any atom is -0.497 e. The normalized spacial score (nSPS) is 14.1. The number of thioether (sulfide) groups is 1. The number of imide groups is 1. The van der Waals surface area contributed by atoms with Crippen molar-refractivity contribution in [3.63, 3.8) is 0 Å². The molecule has 196 valence electrons. The number of methoxy groups -OCH3 is 1. The van der Waals surface area contributed by atoms with Crippen molar-refractivity contribution in [3.05, 3.63) is 88.6 Å². The van der Waals surface area contributed by atoms with Gasteiger partial charge in [0.25, 0.3) is 11.1 Å². The number of anilines is 1. The molecule has 1 saturated heterocycles. The first-order chi connectivity index (χ1) is 18.4. The van der Waals surface area contributed by atoms with Crippen LogP contribution < -0.4 is 19.5 Å². The SMILES string of the molecule is CCOc1cc(/C=C2/SC(=O)N(CC(=O)Nc3ccc(OC)cc3)C2=O)ccc1OCc1cccc(F)c1. The maximum atomic E-state index is 13.4. The van der Waals surface area contributed by atoms with Gasteiger partial charge in [0.2, 0.25) is 5.91 Å². The van der Waals surface area contributed by atoms with Gasteiger partial charge in [0.05, 0.1) is 18.6 Å². The van der Waals surface area contributed by atoms with E-state index in [1.54, 1.807) is 60.7 Å². The summed E-state index contributed by atoms with van der Waals surface area (Å²) in [6.07, 6.45) is 1.56. The molecule has 1 heterocycles. The number of amides is 3. The summed E-state index contributed by atoms with van der Waals surface area (Å²) in [6.45, 7) is 1.94. The van der Waals surface area contributed by atoms with Gasteiger partial charge in [-0.2, -0.15) is 0 Å². The second-order valence-electron chi connectivity index (χ2n) is 8.10. The van der Waals surface area contributed by atoms with Crippen LogP contribution in [-0.4, -0.2) is 42.2 Å². The van der Waals surface area contributed by atoms with E-state index in [4.69, 9.17) is 14.2 Å². The lowest BCUT2D eigenvalue weighted by molar-refractivity contribution is -0.127. The standard InChI is InChI=1S/C28H25FN2O6S/c1-3-36-24-14-18(7-12-23(24)37-17-19-5-4-6-20(29)13-19)15-25-27(33)31(28(34)38-25)16-26(32)30-21-8-10-22(35-2)11-9-21/h4-15H,3,16-17H2,1-2H3,(H,30,32)/b25-15+. The highest BCUT2D eigenvalue weighted by Gasteiger charge is 2.36. The zero-order valence-electron chi connectivity index (χ0n) is 20.7. The fraction of sp³-hybridized carbons (Fsp3) is 0.179. The van der Waals surface area contributed by atoms with Crippen molar-refractivity contribution in [2.45, 2.75) is 13.5 Å². The van der Waals surface area contributed by atoms with E-state index in [1.807, 2.05) is 6.92 Å². The summed E-state index contributed by atoms with van der Waals surface area (Å²) < 4.78 is 30.0. The fourth-order valence-electron chi connectivity index (χ4n) is 3.60. The molecule has 8 nitrogen and oxygen atoms in total. The molecule has 1 fully saturated rings. The lowest BCUT2D eigenvalue weighted by Crippen LogP contribution is -2.36. The van der Waals surface area contributed by atoms with Crippen molar-refractivity contribution in [2.24, 2.45) is 0 Å². The first kappa shape index (κ1) is 26.7. The maximum Gasteiger partial charge on any atom is 0.294 e. The number of hydrogen-bond acceptors (Lipinski definition) is 7. The third-order valence-electron chi connectivity index (χ3n) is 5.40. The Hall–Kier alpha value is -4.31. The molecule has 38 heavy (non-hydrogen) atoms. The number of hydrogen-bond donors (Lipinski definition) is 1. The van der Waals surface area contributed by atoms with Crippen LogP contribution in [0.4, 0.5) is 14.9 Å². The van der Waals surface area contributed by atoms with Crippen LogP contribution in [-0.2, 0) is 16.2 Å². The Morgan fingerprint density at radius 3 is 2.53 bits per heavy atom. The number of carbonyl (C=O) groups excluding carboxylic acids is 3. The van der Waals surface area contributed by atoms with Gasteiger partial charge in [-0.05, 0) is 84.4 Å². The quantitative estimate of drug-likeness (QED) is 0.343. The van der Waals surface area contributed by atoms with Gasteiger partial charge < -0.3 is 19.5 Å². The van der Waals surface area contributed by atoms with E-state index >= 15 is 0 Å². The highest BCUT2D eigenvalue weighted by Crippen LogP contribution is 2.35. The van der Waals surface area contributed by atoms with E-state index < -0.39 is 23.6 Å². The molecule has 3 aromatic rings. The van der Waals surface area contributed by atoms with Crippen LogP contribution in [0, 0.1) is 5.82 Å². The van der Waals surface area contributed by atoms with Crippen LogP contribution in [0.15, 0.2) is 71.6 Å². The van der Waals surface area contributed by atoms with E-state index in [0.717, 1.165) is 16.7 Å². The highest BCUT2D eigenvalue weighted by atomic mass is 32.2. The zero-order chi connectivity index (χ0) is 27.1. The number of nitrogens with one attached hydrogen (secondary N) is 1. The molecule has 1 N–H and O–H groups in total. The van der Waals surface area contributed by atoms with Crippen LogP contribution >= 0.6 is 11.8 Å². The summed E-state index contributed by atoms with van der Waals surface area (Å²) in [5.41, 5.74) is 1.79. The van der Waals surface area contributed by atoms with Crippen LogP contribution in [0.5, 0.6) is 17.2 Å². The molecule has 10 heteroatoms. The van der Waals surface area contributed by atoms with Crippen LogP contribution in [0.2, 0.25) is 0 Å². The lowest BCUT2D eigenvalue weighted by atomic mass is 10.1. The lowest BCUT2D eigenvalue weighted by Gasteiger charge is -2.13. The molecule has 1 aliphatic heterocycles. The van der Waals surface area contributed by atoms with E-state index in [0.29, 0.717) is 40.7 Å². The van der Waals surface area contributed by atoms with Gasteiger partial charge in [0.1, 0.15) is 24.7 Å². The van der Waals surface area contributed by atoms with Crippen LogP contribution in [0.3, 0.4) is 0 Å². The Morgan fingerprint density at radius 2 is 1.82 bits per heavy atom. The molecule has 0 radical (unpaired) electrons. The Labute approximate surface area is 223 Å². The molecule has 0 saturated carbocycles. The summed E-state index contributed by atoms with van der Waals surface area (Å²) in [4.78, 5) is 38.9. The van der Waals surface area contributed by atoms with Gasteiger partial charge in [-0.15, -0.1) is 0 Å². The highest BCUT2D eigenvalue weighted by molar-refractivity contribution is 8.18. The fourth-order valence-corrected chi connectivity index (χ4v) is 4.43. The summed E-state index contributed by atoms with van der Waals surface area (Å²) in [5, 5.41) is 2.12. The molecule has 3 amide bonds. The Kier molecular flexibility index (Phi) is 8.65. The molecule has 0 bridgehead atoms. The largest absolute Gasteiger partial charge is 0.497 e. The maximum absolute atomic E-state index is 13.4. The molecule has 0 aliphatic carbocycles. The minimum atomic E-state index is -0.561. The van der Waals surface area contributed by atoms with Crippen molar-refractivity contribution in [2.75, 3.05) is 25.6 Å². The number of halogens is 1. The van der Waals surface area contributed by atoms with Crippen LogP contribution in [0.1, 0.15) is 18.1 Å². The summed E-state index contributed by atoms with van der Waals surface area (Å²) in [6, 6.07) is 17.9. The molecule has 1 aliphatic rings. The topological polar surface area (TPSA) is 94.2 Å². The zero-order valence-corrected chi connectivity index (χ0v) is 21.5. The predicted octanol–water partition coefficient (Wildman–Crippen LogP) is 5.49. The molecule has 3 aromatic carbocycles. The second-order valence-corrected chi connectivity index (χ2v) is 9.10. The first-order valence-electron chi connectivity index (χ1n) is 11.7. The molecule has 0 unspecified atom stereocenters. The third kappa shape index (κ3) is 6.71. The van der Waals surface area contributed by atoms with Crippen molar-refractivity contribution in [1.82, 2.24) is 4.90 Å². The Balaban J connectivity index is 1.43. The Bertz CT molecular complexity index is 1380. The molecule has 0 aromatic heterocycles. The second kappa shape index (κ2) is 12.3. The number of benzene rings is 3. The average Bonchev–Trinajstić information content (AvgIpc) is 3.16. The van der Waals surface area contributed by atoms with E-state index in [-0.39, 0.29) is 17.3 Å². The van der Waals surface area contributed by atoms with Crippen molar-refractivity contribution in [1.29, 1.82) is 0 Å². The monoisotopic (exact) mass is 536 g/mol. The van der Waals surface area contributed by atoms with Crippen molar-refractivity contribution >= 4 is 40.6 Å². The number of rotatable bonds is 10. The van der Waals surface area contributed by atoms with Gasteiger partial charge in [-0.3, -0.25) is 19.3 Å². The van der Waals surface area contributed by atoms with E-state index in [1.165, 1.54) is 19.2 Å². The van der Waals surface area contributed by atoms with E-state index in [2.05, 4.69) is 5.32 Å². The van der Waals surface area contributed by atoms with Crippen molar-refractivity contribution in [3.8, 4) is 17.2 Å². The molecule has 0 atom stereocenters. The number of nitrogens with zero attached hydrogens (tertiary/aromatic N) is 1. The number of carbonyl (C=O) groups is 3. The summed E-state index contributed by atoms with van der Waals surface area (Å²) in [7, 11) is 1.54. The van der Waals surface area contributed by atoms with Gasteiger partial charge in [-0.25, -0.2) is 4.39 Å². The molecule has 4 rings (SSSR count). The van der Waals surface area contributed by atoms with Gasteiger partial charge in [-0.1, -0.05) is 18.2 Å². The summed E-state index contributed by atoms with van der Waals surface area (Å²) in [5.74, 6) is 0.120. The summed E-state index contributed by atoms with van der Waals surface area (Å²) >= 11 is 0.757. The molecular weight excluding hydrogens is 511 g/mol. The predicted molar refractivity (Wildman–Crippen MR) is 143 cm³/mol. The number of ether oxygens (including phenoxy) is 3. The van der Waals surface area contributed by atoms with E-state index in [9.17, 15) is 18.8 Å². The van der Waals surface area contributed by atoms with Crippen molar-refractivity contribution < 1.29 is 33.0 Å². The molecule has 0 spiro atoms. The smallest absolute Gasteiger partial charge is 0.294 e. The van der Waals surface area contributed by atoms with Gasteiger partial charge in [0.15, 0.2) is 11.5 Å². The first-order valence-corrected chi connectivity index (χ1v) is 12.5. The van der Waals surface area contributed by atoms with Gasteiger partial charge in [0, 0.05) is 5.69 Å². The third-order valence-corrected chi connectivity index (χ3v) is 6.31. The Morgan fingerprint density at radius 1 is 1.03 bits per heavy atom. The van der Waals surface area contributed by atoms with Crippen LogP contribution in [0.25, 0.3) is 6.08 Å². The minimum absolute atomic E-state index is 0.147. The molecular formula is C28H25FN2O6S. The average molecular weight is 537 g/mol.